The molecule has 0 aliphatic carbocycles. The fraction of sp³-hybridized carbons (Fsp3) is 0.281. The summed E-state index contributed by atoms with van der Waals surface area (Å²) < 4.78 is 17.0. The lowest BCUT2D eigenvalue weighted by Crippen LogP contribution is -2.46. The second-order valence-corrected chi connectivity index (χ2v) is 9.96. The van der Waals surface area contributed by atoms with Crippen molar-refractivity contribution in [1.29, 1.82) is 5.26 Å². The molecule has 2 heterocycles. The monoisotopic (exact) mass is 536 g/mol. The second kappa shape index (κ2) is 12.0. The predicted molar refractivity (Wildman–Crippen MR) is 150 cm³/mol. The van der Waals surface area contributed by atoms with Gasteiger partial charge in [0.2, 0.25) is 0 Å². The van der Waals surface area contributed by atoms with Gasteiger partial charge in [-0.15, -0.1) is 0 Å². The molecule has 40 heavy (non-hydrogen) atoms. The molecular weight excluding hydrogens is 504 g/mol. The molecule has 1 unspecified atom stereocenters. The van der Waals surface area contributed by atoms with E-state index in [4.69, 9.17) is 13.9 Å². The van der Waals surface area contributed by atoms with Gasteiger partial charge in [0.25, 0.3) is 0 Å². The van der Waals surface area contributed by atoms with Crippen LogP contribution in [0, 0.1) is 25.2 Å². The Morgan fingerprint density at radius 3 is 2.77 bits per heavy atom. The molecule has 8 nitrogen and oxygen atoms in total. The van der Waals surface area contributed by atoms with E-state index in [0.717, 1.165) is 27.8 Å². The topological polar surface area (TPSA) is 101 Å². The van der Waals surface area contributed by atoms with E-state index in [2.05, 4.69) is 48.4 Å². The van der Waals surface area contributed by atoms with Crippen molar-refractivity contribution in [2.45, 2.75) is 39.3 Å². The summed E-state index contributed by atoms with van der Waals surface area (Å²) >= 11 is 0. The highest BCUT2D eigenvalue weighted by Crippen LogP contribution is 2.42. The van der Waals surface area contributed by atoms with Gasteiger partial charge in [-0.1, -0.05) is 35.9 Å². The minimum Gasteiger partial charge on any atom is -0.493 e. The number of fused-ring (bicyclic) bond motifs is 1. The average molecular weight is 537 g/mol. The third-order valence-corrected chi connectivity index (χ3v) is 7.24. The van der Waals surface area contributed by atoms with Crippen LogP contribution in [0.15, 0.2) is 71.7 Å². The van der Waals surface area contributed by atoms with Crippen LogP contribution in [0.2, 0.25) is 0 Å². The Labute approximate surface area is 234 Å². The Hall–Kier alpha value is -4.77. The highest BCUT2D eigenvalue weighted by Gasteiger charge is 2.34. The van der Waals surface area contributed by atoms with Gasteiger partial charge < -0.3 is 24.1 Å². The third kappa shape index (κ3) is 5.79. The van der Waals surface area contributed by atoms with Crippen molar-refractivity contribution in [3.63, 3.8) is 0 Å². The van der Waals surface area contributed by atoms with Crippen molar-refractivity contribution in [1.82, 2.24) is 15.2 Å². The molecule has 1 aliphatic rings. The maximum Gasteiger partial charge on any atom is 0.318 e. The molecule has 0 spiro atoms. The molecule has 0 radical (unpaired) electrons. The largest absolute Gasteiger partial charge is 0.493 e. The lowest BCUT2D eigenvalue weighted by molar-refractivity contribution is 0.179. The van der Waals surface area contributed by atoms with Crippen LogP contribution in [-0.2, 0) is 19.4 Å². The minimum absolute atomic E-state index is 0.172. The van der Waals surface area contributed by atoms with Crippen molar-refractivity contribution in [2.24, 2.45) is 0 Å². The molecule has 0 saturated carbocycles. The standard InChI is InChI=1S/C32H32N4O4/c1-21-7-8-27(22(2)13-21)31-28-16-30(40-12-10-23-5-4-6-24(14-23)17-33)29(38-3)15-25(28)9-11-36(31)32(37)34-18-26-19-39-20-35-26/h4-8,13-16,19-20,31H,9-12,18H2,1-3H3,(H,34,37). The Morgan fingerprint density at radius 2 is 2.02 bits per heavy atom. The fourth-order valence-corrected chi connectivity index (χ4v) is 5.25. The molecule has 1 aromatic heterocycles. The molecule has 1 aliphatic heterocycles. The smallest absolute Gasteiger partial charge is 0.318 e. The number of aryl methyl sites for hydroxylation is 2. The zero-order valence-electron chi connectivity index (χ0n) is 22.9. The molecular formula is C32H32N4O4. The number of amides is 2. The van der Waals surface area contributed by atoms with Crippen molar-refractivity contribution in [3.05, 3.63) is 112 Å². The number of methoxy groups -OCH3 is 1. The predicted octanol–water partition coefficient (Wildman–Crippen LogP) is 5.65. The fourth-order valence-electron chi connectivity index (χ4n) is 5.25. The molecule has 3 aromatic carbocycles. The minimum atomic E-state index is -0.303. The van der Waals surface area contributed by atoms with Crippen LogP contribution >= 0.6 is 0 Å². The van der Waals surface area contributed by atoms with Gasteiger partial charge in [0, 0.05) is 13.0 Å². The van der Waals surface area contributed by atoms with Gasteiger partial charge in [-0.25, -0.2) is 9.78 Å². The van der Waals surface area contributed by atoms with E-state index in [1.807, 2.05) is 35.2 Å². The van der Waals surface area contributed by atoms with Gasteiger partial charge in [-0.3, -0.25) is 0 Å². The molecule has 2 amide bonds. The van der Waals surface area contributed by atoms with E-state index in [9.17, 15) is 10.1 Å². The average Bonchev–Trinajstić information content (AvgIpc) is 3.49. The first-order chi connectivity index (χ1) is 19.5. The number of hydrogen-bond donors (Lipinski definition) is 1. The molecule has 0 fully saturated rings. The number of nitriles is 1. The summed E-state index contributed by atoms with van der Waals surface area (Å²) in [5.74, 6) is 1.28. The number of benzene rings is 3. The van der Waals surface area contributed by atoms with E-state index in [1.54, 1.807) is 13.2 Å². The second-order valence-electron chi connectivity index (χ2n) is 9.96. The number of nitrogens with zero attached hydrogens (tertiary/aromatic N) is 3. The quantitative estimate of drug-likeness (QED) is 0.312. The molecule has 4 aromatic rings. The van der Waals surface area contributed by atoms with Gasteiger partial charge in [0.1, 0.15) is 6.26 Å². The van der Waals surface area contributed by atoms with Crippen LogP contribution in [0.25, 0.3) is 0 Å². The molecule has 0 saturated heterocycles. The first-order valence-corrected chi connectivity index (χ1v) is 13.3. The number of hydrogen-bond acceptors (Lipinski definition) is 6. The SMILES string of the molecule is COc1cc2c(cc1OCCc1cccc(C#N)c1)C(c1ccc(C)cc1C)N(C(=O)NCc1cocn1)CC2. The maximum atomic E-state index is 13.5. The Morgan fingerprint density at radius 1 is 1.15 bits per heavy atom. The summed E-state index contributed by atoms with van der Waals surface area (Å²) in [7, 11) is 1.64. The Balaban J connectivity index is 1.46. The van der Waals surface area contributed by atoms with Crippen LogP contribution < -0.4 is 14.8 Å². The van der Waals surface area contributed by atoms with Gasteiger partial charge in [-0.2, -0.15) is 5.26 Å². The molecule has 0 bridgehead atoms. The molecule has 1 atom stereocenters. The van der Waals surface area contributed by atoms with E-state index in [0.29, 0.717) is 48.7 Å². The van der Waals surface area contributed by atoms with Crippen LogP contribution in [0.5, 0.6) is 11.5 Å². The highest BCUT2D eigenvalue weighted by atomic mass is 16.5. The Kier molecular flexibility index (Phi) is 8.02. The third-order valence-electron chi connectivity index (χ3n) is 7.24. The lowest BCUT2D eigenvalue weighted by atomic mass is 9.85. The zero-order chi connectivity index (χ0) is 28.1. The molecule has 204 valence electrons. The van der Waals surface area contributed by atoms with Crippen molar-refractivity contribution in [2.75, 3.05) is 20.3 Å². The van der Waals surface area contributed by atoms with Crippen LogP contribution in [0.4, 0.5) is 4.79 Å². The number of nitrogens with one attached hydrogen (secondary N) is 1. The van der Waals surface area contributed by atoms with Gasteiger partial charge in [0.05, 0.1) is 43.6 Å². The van der Waals surface area contributed by atoms with E-state index < -0.39 is 0 Å². The lowest BCUT2D eigenvalue weighted by Gasteiger charge is -2.38. The summed E-state index contributed by atoms with van der Waals surface area (Å²) in [4.78, 5) is 19.5. The van der Waals surface area contributed by atoms with E-state index in [-0.39, 0.29) is 18.6 Å². The Bertz CT molecular complexity index is 1540. The van der Waals surface area contributed by atoms with Crippen molar-refractivity contribution < 1.29 is 18.7 Å². The number of carbonyl (C=O) groups excluding carboxylic acids is 1. The molecule has 1 N–H and O–H groups in total. The number of ether oxygens (including phenoxy) is 2. The van der Waals surface area contributed by atoms with Crippen molar-refractivity contribution >= 4 is 6.03 Å². The normalized spacial score (nSPS) is 14.2. The van der Waals surface area contributed by atoms with E-state index >= 15 is 0 Å². The van der Waals surface area contributed by atoms with Crippen LogP contribution in [-0.4, -0.2) is 36.2 Å². The van der Waals surface area contributed by atoms with Gasteiger partial charge >= 0.3 is 6.03 Å². The number of rotatable bonds is 8. The summed E-state index contributed by atoms with van der Waals surface area (Å²) in [6.07, 6.45) is 4.21. The summed E-state index contributed by atoms with van der Waals surface area (Å²) in [6, 6.07) is 19.6. The van der Waals surface area contributed by atoms with E-state index in [1.165, 1.54) is 18.2 Å². The number of urea groups is 1. The molecule has 5 rings (SSSR count). The zero-order valence-corrected chi connectivity index (χ0v) is 22.9. The van der Waals surface area contributed by atoms with Crippen molar-refractivity contribution in [3.8, 4) is 17.6 Å². The summed E-state index contributed by atoms with van der Waals surface area (Å²) in [6.45, 7) is 5.39. The van der Waals surface area contributed by atoms with Gasteiger partial charge in [0.15, 0.2) is 17.9 Å². The highest BCUT2D eigenvalue weighted by molar-refractivity contribution is 5.76. The van der Waals surface area contributed by atoms with Crippen LogP contribution in [0.3, 0.4) is 0 Å². The first kappa shape index (κ1) is 26.8. The van der Waals surface area contributed by atoms with Gasteiger partial charge in [-0.05, 0) is 72.4 Å². The number of aromatic nitrogens is 1. The number of carbonyl (C=O) groups is 1. The maximum absolute atomic E-state index is 13.5. The number of oxazole rings is 1. The van der Waals surface area contributed by atoms with Crippen LogP contribution in [0.1, 0.15) is 50.7 Å². The molecule has 8 heteroatoms. The first-order valence-electron chi connectivity index (χ1n) is 13.3. The summed E-state index contributed by atoms with van der Waals surface area (Å²) in [5.41, 5.74) is 7.79. The summed E-state index contributed by atoms with van der Waals surface area (Å²) in [5, 5.41) is 12.2.